The Labute approximate surface area is 151 Å². The number of nitrogens with zero attached hydrogens (tertiary/aromatic N) is 3. The molecule has 0 aliphatic carbocycles. The molecule has 1 aromatic carbocycles. The van der Waals surface area contributed by atoms with Gasteiger partial charge in [0.1, 0.15) is 5.76 Å². The monoisotopic (exact) mass is 406 g/mol. The first-order chi connectivity index (χ1) is 11.6. The quantitative estimate of drug-likeness (QED) is 0.636. The summed E-state index contributed by atoms with van der Waals surface area (Å²) >= 11 is 4.76. The van der Waals surface area contributed by atoms with E-state index >= 15 is 0 Å². The molecule has 2 aromatic heterocycles. The molecule has 0 aliphatic heterocycles. The summed E-state index contributed by atoms with van der Waals surface area (Å²) in [5, 5.41) is 11.9. The first kappa shape index (κ1) is 16.8. The highest BCUT2D eigenvalue weighted by Gasteiger charge is 2.13. The second-order valence-electron chi connectivity index (χ2n) is 5.02. The van der Waals surface area contributed by atoms with Gasteiger partial charge in [-0.05, 0) is 24.3 Å². The van der Waals surface area contributed by atoms with Crippen LogP contribution < -0.4 is 5.32 Å². The maximum absolute atomic E-state index is 11.9. The van der Waals surface area contributed by atoms with Gasteiger partial charge >= 0.3 is 0 Å². The lowest BCUT2D eigenvalue weighted by atomic mass is 10.2. The summed E-state index contributed by atoms with van der Waals surface area (Å²) in [6, 6.07) is 11.5. The van der Waals surface area contributed by atoms with Gasteiger partial charge in [-0.1, -0.05) is 39.8 Å². The van der Waals surface area contributed by atoms with Gasteiger partial charge in [-0.3, -0.25) is 4.79 Å². The van der Waals surface area contributed by atoms with Crippen LogP contribution in [0.25, 0.3) is 11.4 Å². The van der Waals surface area contributed by atoms with Gasteiger partial charge < -0.3 is 14.3 Å². The molecule has 0 spiro atoms. The van der Waals surface area contributed by atoms with Crippen LogP contribution in [0.5, 0.6) is 0 Å². The predicted octanol–water partition coefficient (Wildman–Crippen LogP) is 3.25. The Morgan fingerprint density at radius 2 is 2.08 bits per heavy atom. The molecule has 0 bridgehead atoms. The van der Waals surface area contributed by atoms with Crippen molar-refractivity contribution in [3.63, 3.8) is 0 Å². The molecule has 124 valence electrons. The number of nitrogens with one attached hydrogen (secondary N) is 1. The zero-order chi connectivity index (χ0) is 16.9. The molecule has 0 radical (unpaired) electrons. The van der Waals surface area contributed by atoms with Gasteiger partial charge in [0.05, 0.1) is 18.6 Å². The minimum atomic E-state index is -0.0791. The number of carbonyl (C=O) groups excluding carboxylic acids is 1. The van der Waals surface area contributed by atoms with Crippen molar-refractivity contribution < 1.29 is 9.21 Å². The smallest absolute Gasteiger partial charge is 0.230 e. The summed E-state index contributed by atoms with van der Waals surface area (Å²) in [4.78, 5) is 11.9. The lowest BCUT2D eigenvalue weighted by Crippen LogP contribution is -2.24. The van der Waals surface area contributed by atoms with Crippen LogP contribution in [-0.2, 0) is 18.4 Å². The fourth-order valence-corrected chi connectivity index (χ4v) is 3.08. The molecule has 0 aliphatic rings. The molecule has 3 rings (SSSR count). The van der Waals surface area contributed by atoms with Crippen LogP contribution in [0.1, 0.15) is 5.76 Å². The van der Waals surface area contributed by atoms with Crippen LogP contribution in [0.2, 0.25) is 0 Å². The van der Waals surface area contributed by atoms with E-state index in [2.05, 4.69) is 31.4 Å². The third kappa shape index (κ3) is 4.07. The normalized spacial score (nSPS) is 10.8. The van der Waals surface area contributed by atoms with Gasteiger partial charge in [0.25, 0.3) is 0 Å². The van der Waals surface area contributed by atoms with Crippen molar-refractivity contribution in [1.82, 2.24) is 20.1 Å². The van der Waals surface area contributed by atoms with Crippen molar-refractivity contribution in [2.24, 2.45) is 7.05 Å². The maximum atomic E-state index is 11.9. The first-order valence-electron chi connectivity index (χ1n) is 7.20. The lowest BCUT2D eigenvalue weighted by molar-refractivity contribution is -0.118. The van der Waals surface area contributed by atoms with Crippen molar-refractivity contribution in [3.05, 3.63) is 52.9 Å². The van der Waals surface area contributed by atoms with E-state index in [0.717, 1.165) is 21.6 Å². The van der Waals surface area contributed by atoms with Crippen molar-refractivity contribution in [2.75, 3.05) is 5.75 Å². The van der Waals surface area contributed by atoms with Crippen LogP contribution in [0.3, 0.4) is 0 Å². The Bertz CT molecular complexity index is 815. The molecular weight excluding hydrogens is 392 g/mol. The van der Waals surface area contributed by atoms with Crippen molar-refractivity contribution in [1.29, 1.82) is 0 Å². The van der Waals surface area contributed by atoms with Gasteiger partial charge in [-0.15, -0.1) is 10.2 Å². The average Bonchev–Trinajstić information content (AvgIpc) is 3.22. The number of rotatable bonds is 6. The molecular formula is C16H15BrN4O2S. The van der Waals surface area contributed by atoms with E-state index in [9.17, 15) is 4.79 Å². The van der Waals surface area contributed by atoms with Crippen LogP contribution in [-0.4, -0.2) is 26.4 Å². The number of hydrogen-bond acceptors (Lipinski definition) is 5. The minimum Gasteiger partial charge on any atom is -0.467 e. The molecule has 0 saturated heterocycles. The zero-order valence-electron chi connectivity index (χ0n) is 12.9. The summed E-state index contributed by atoms with van der Waals surface area (Å²) < 4.78 is 8.07. The largest absolute Gasteiger partial charge is 0.467 e. The first-order valence-corrected chi connectivity index (χ1v) is 8.98. The van der Waals surface area contributed by atoms with Gasteiger partial charge in [0.2, 0.25) is 5.91 Å². The summed E-state index contributed by atoms with van der Waals surface area (Å²) in [6.07, 6.45) is 1.58. The Hall–Kier alpha value is -2.06. The summed E-state index contributed by atoms with van der Waals surface area (Å²) in [5.41, 5.74) is 0.974. The highest BCUT2D eigenvalue weighted by Crippen LogP contribution is 2.23. The molecule has 24 heavy (non-hydrogen) atoms. The van der Waals surface area contributed by atoms with E-state index in [1.807, 2.05) is 41.9 Å². The number of furan rings is 1. The maximum Gasteiger partial charge on any atom is 0.230 e. The third-order valence-electron chi connectivity index (χ3n) is 3.31. The molecule has 3 aromatic rings. The number of amides is 1. The summed E-state index contributed by atoms with van der Waals surface area (Å²) in [6.45, 7) is 0.384. The average molecular weight is 407 g/mol. The lowest BCUT2D eigenvalue weighted by Gasteiger charge is -2.05. The second-order valence-corrected chi connectivity index (χ2v) is 6.88. The van der Waals surface area contributed by atoms with Gasteiger partial charge in [0.15, 0.2) is 11.0 Å². The number of thioether (sulfide) groups is 1. The molecule has 0 atom stereocenters. The van der Waals surface area contributed by atoms with E-state index in [-0.39, 0.29) is 11.7 Å². The molecule has 2 heterocycles. The molecule has 6 nitrogen and oxygen atoms in total. The number of aromatic nitrogens is 3. The molecule has 0 unspecified atom stereocenters. The van der Waals surface area contributed by atoms with E-state index in [1.54, 1.807) is 12.3 Å². The minimum absolute atomic E-state index is 0.0791. The van der Waals surface area contributed by atoms with Crippen LogP contribution in [0.15, 0.2) is 56.7 Å². The Balaban J connectivity index is 1.58. The SMILES string of the molecule is Cn1c(SCC(=O)NCc2ccco2)nnc1-c1ccc(Br)cc1. The Morgan fingerprint density at radius 3 is 2.79 bits per heavy atom. The Morgan fingerprint density at radius 1 is 1.29 bits per heavy atom. The number of halogens is 1. The van der Waals surface area contributed by atoms with Gasteiger partial charge in [-0.2, -0.15) is 0 Å². The molecule has 8 heteroatoms. The topological polar surface area (TPSA) is 73.0 Å². The molecule has 0 saturated carbocycles. The number of hydrogen-bond donors (Lipinski definition) is 1. The van der Waals surface area contributed by atoms with Crippen LogP contribution in [0.4, 0.5) is 0 Å². The highest BCUT2D eigenvalue weighted by molar-refractivity contribution is 9.10. The van der Waals surface area contributed by atoms with Crippen molar-refractivity contribution in [3.8, 4) is 11.4 Å². The molecule has 1 N–H and O–H groups in total. The summed E-state index contributed by atoms with van der Waals surface area (Å²) in [7, 11) is 1.89. The van der Waals surface area contributed by atoms with E-state index < -0.39 is 0 Å². The fourth-order valence-electron chi connectivity index (χ4n) is 2.07. The van der Waals surface area contributed by atoms with Crippen LogP contribution in [0, 0.1) is 0 Å². The fraction of sp³-hybridized carbons (Fsp3) is 0.188. The van der Waals surface area contributed by atoms with Gasteiger partial charge in [-0.25, -0.2) is 0 Å². The summed E-state index contributed by atoms with van der Waals surface area (Å²) in [5.74, 6) is 1.68. The molecule has 0 fully saturated rings. The van der Waals surface area contributed by atoms with E-state index in [1.165, 1.54) is 11.8 Å². The predicted molar refractivity (Wildman–Crippen MR) is 95.4 cm³/mol. The third-order valence-corrected chi connectivity index (χ3v) is 4.86. The Kier molecular flexibility index (Phi) is 5.37. The van der Waals surface area contributed by atoms with Gasteiger partial charge in [0, 0.05) is 17.1 Å². The number of benzene rings is 1. The standard InChI is InChI=1S/C16H15BrN4O2S/c1-21-15(11-4-6-12(17)7-5-11)19-20-16(21)24-10-14(22)18-9-13-3-2-8-23-13/h2-8H,9-10H2,1H3,(H,18,22). The van der Waals surface area contributed by atoms with Crippen molar-refractivity contribution in [2.45, 2.75) is 11.7 Å². The second kappa shape index (κ2) is 7.67. The van der Waals surface area contributed by atoms with E-state index in [4.69, 9.17) is 4.42 Å². The van der Waals surface area contributed by atoms with Crippen molar-refractivity contribution >= 4 is 33.6 Å². The number of carbonyl (C=O) groups is 1. The highest BCUT2D eigenvalue weighted by atomic mass is 79.9. The van der Waals surface area contributed by atoms with Crippen LogP contribution >= 0.6 is 27.7 Å². The zero-order valence-corrected chi connectivity index (χ0v) is 15.3. The van der Waals surface area contributed by atoms with E-state index in [0.29, 0.717) is 11.7 Å². The molecule has 1 amide bonds.